The average Bonchev–Trinajstić information content (AvgIpc) is 3.10. The van der Waals surface area contributed by atoms with Gasteiger partial charge >= 0.3 is 0 Å². The molecule has 3 rings (SSSR count). The molecule has 1 N–H and O–H groups in total. The van der Waals surface area contributed by atoms with E-state index in [1.165, 1.54) is 17.7 Å². The maximum absolute atomic E-state index is 12.1. The molecule has 0 unspecified atom stereocenters. The van der Waals surface area contributed by atoms with Gasteiger partial charge in [0, 0.05) is 16.6 Å². The van der Waals surface area contributed by atoms with E-state index in [2.05, 4.69) is 38.1 Å². The van der Waals surface area contributed by atoms with Gasteiger partial charge in [-0.05, 0) is 46.9 Å². The number of hydrogen-bond acceptors (Lipinski definition) is 5. The zero-order valence-corrected chi connectivity index (χ0v) is 13.0. The van der Waals surface area contributed by atoms with Gasteiger partial charge < -0.3 is 9.73 Å². The predicted molar refractivity (Wildman–Crippen MR) is 84.7 cm³/mol. The number of amides is 1. The first kappa shape index (κ1) is 13.3. The first-order valence-corrected chi connectivity index (χ1v) is 7.60. The third kappa shape index (κ3) is 2.88. The Labute approximate surface area is 132 Å². The highest BCUT2D eigenvalue weighted by atomic mass is 127. The molecule has 20 heavy (non-hydrogen) atoms. The number of hydrogen-bond donors (Lipinski definition) is 1. The Kier molecular flexibility index (Phi) is 3.79. The van der Waals surface area contributed by atoms with Gasteiger partial charge in [-0.25, -0.2) is 0 Å². The van der Waals surface area contributed by atoms with Crippen molar-refractivity contribution < 1.29 is 9.21 Å². The van der Waals surface area contributed by atoms with Crippen molar-refractivity contribution in [3.8, 4) is 11.5 Å². The third-order valence-electron chi connectivity index (χ3n) is 2.56. The molecule has 0 saturated heterocycles. The number of nitrogens with one attached hydrogen (secondary N) is 1. The number of nitrogens with zero attached hydrogens (tertiary/aromatic N) is 2. The molecule has 0 aliphatic rings. The van der Waals surface area contributed by atoms with Crippen LogP contribution in [0.2, 0.25) is 0 Å². The van der Waals surface area contributed by atoms with E-state index in [1.807, 2.05) is 29.6 Å². The highest BCUT2D eigenvalue weighted by molar-refractivity contribution is 14.1. The molecule has 2 heterocycles. The van der Waals surface area contributed by atoms with E-state index in [0.29, 0.717) is 17.1 Å². The summed E-state index contributed by atoms with van der Waals surface area (Å²) in [6.07, 6.45) is 1.27. The minimum absolute atomic E-state index is 0.133. The fraction of sp³-hybridized carbons (Fsp3) is 0. The lowest BCUT2D eigenvalue weighted by molar-refractivity contribution is 0.102. The molecule has 1 amide bonds. The van der Waals surface area contributed by atoms with Crippen molar-refractivity contribution in [2.24, 2.45) is 0 Å². The number of halogens is 1. The molecule has 5 nitrogen and oxygen atoms in total. The molecule has 7 heteroatoms. The summed E-state index contributed by atoms with van der Waals surface area (Å²) in [6.45, 7) is 0. The maximum atomic E-state index is 12.1. The fourth-order valence-electron chi connectivity index (χ4n) is 1.66. The van der Waals surface area contributed by atoms with E-state index < -0.39 is 0 Å². The smallest absolute Gasteiger partial charge is 0.256 e. The van der Waals surface area contributed by atoms with Gasteiger partial charge in [-0.15, -0.1) is 21.5 Å². The monoisotopic (exact) mass is 397 g/mol. The molecular formula is C13H8IN3O2S. The van der Waals surface area contributed by atoms with Crippen LogP contribution in [0.15, 0.2) is 46.5 Å². The molecule has 3 aromatic rings. The van der Waals surface area contributed by atoms with Crippen molar-refractivity contribution in [3.63, 3.8) is 0 Å². The van der Waals surface area contributed by atoms with Gasteiger partial charge in [-0.1, -0.05) is 6.07 Å². The molecule has 1 aromatic carbocycles. The van der Waals surface area contributed by atoms with E-state index in [0.717, 1.165) is 8.45 Å². The van der Waals surface area contributed by atoms with Gasteiger partial charge in [0.05, 0.1) is 8.45 Å². The minimum Gasteiger partial charge on any atom is -0.423 e. The maximum Gasteiger partial charge on any atom is 0.256 e. The Morgan fingerprint density at radius 2 is 2.25 bits per heavy atom. The highest BCUT2D eigenvalue weighted by Crippen LogP contribution is 2.22. The van der Waals surface area contributed by atoms with E-state index in [-0.39, 0.29) is 5.91 Å². The summed E-state index contributed by atoms with van der Waals surface area (Å²) in [5, 5.41) is 12.2. The molecular weight excluding hydrogens is 389 g/mol. The molecule has 2 aromatic heterocycles. The van der Waals surface area contributed by atoms with Crippen molar-refractivity contribution in [2.45, 2.75) is 0 Å². The standard InChI is InChI=1S/C13H8IN3O2S/c14-11-5-9(6-20-11)12(18)16-10-3-1-2-8(4-10)13-17-15-7-19-13/h1-7H,(H,16,18). The van der Waals surface area contributed by atoms with Crippen molar-refractivity contribution in [2.75, 3.05) is 5.32 Å². The second-order valence-electron chi connectivity index (χ2n) is 3.92. The fourth-order valence-corrected chi connectivity index (χ4v) is 2.99. The normalized spacial score (nSPS) is 10.4. The van der Waals surface area contributed by atoms with Crippen LogP contribution in [0.1, 0.15) is 10.4 Å². The van der Waals surface area contributed by atoms with Crippen LogP contribution < -0.4 is 5.32 Å². The van der Waals surface area contributed by atoms with Gasteiger partial charge in [0.25, 0.3) is 5.91 Å². The summed E-state index contributed by atoms with van der Waals surface area (Å²) in [6, 6.07) is 9.13. The third-order valence-corrected chi connectivity index (χ3v) is 4.35. The van der Waals surface area contributed by atoms with Gasteiger partial charge in [-0.3, -0.25) is 4.79 Å². The van der Waals surface area contributed by atoms with Gasteiger partial charge in [-0.2, -0.15) is 0 Å². The second kappa shape index (κ2) is 5.71. The Morgan fingerprint density at radius 1 is 1.35 bits per heavy atom. The summed E-state index contributed by atoms with van der Waals surface area (Å²) in [5.41, 5.74) is 2.11. The lowest BCUT2D eigenvalue weighted by Gasteiger charge is -2.04. The van der Waals surface area contributed by atoms with Crippen LogP contribution in [0.5, 0.6) is 0 Å². The molecule has 100 valence electrons. The minimum atomic E-state index is -0.133. The van der Waals surface area contributed by atoms with Gasteiger partial charge in [0.1, 0.15) is 0 Å². The zero-order chi connectivity index (χ0) is 13.9. The highest BCUT2D eigenvalue weighted by Gasteiger charge is 2.10. The van der Waals surface area contributed by atoms with Crippen LogP contribution in [-0.2, 0) is 0 Å². The number of carbonyl (C=O) groups excluding carboxylic acids is 1. The van der Waals surface area contributed by atoms with Crippen LogP contribution in [0.3, 0.4) is 0 Å². The number of aromatic nitrogens is 2. The summed E-state index contributed by atoms with van der Waals surface area (Å²) in [4.78, 5) is 12.1. The Morgan fingerprint density at radius 3 is 2.95 bits per heavy atom. The topological polar surface area (TPSA) is 68.0 Å². The molecule has 0 aliphatic carbocycles. The van der Waals surface area contributed by atoms with E-state index >= 15 is 0 Å². The average molecular weight is 397 g/mol. The Bertz CT molecular complexity index is 740. The molecule has 0 radical (unpaired) electrons. The van der Waals surface area contributed by atoms with Crippen LogP contribution in [-0.4, -0.2) is 16.1 Å². The number of rotatable bonds is 3. The second-order valence-corrected chi connectivity index (χ2v) is 6.72. The Hall–Kier alpha value is -1.74. The van der Waals surface area contributed by atoms with Crippen LogP contribution in [0.25, 0.3) is 11.5 Å². The number of thiophene rings is 1. The predicted octanol–water partition coefficient (Wildman–Crippen LogP) is 3.66. The molecule has 0 fully saturated rings. The molecule has 0 spiro atoms. The van der Waals surface area contributed by atoms with Gasteiger partial charge in [0.2, 0.25) is 12.3 Å². The molecule has 0 atom stereocenters. The lowest BCUT2D eigenvalue weighted by Crippen LogP contribution is -2.10. The van der Waals surface area contributed by atoms with Crippen molar-refractivity contribution in [1.29, 1.82) is 0 Å². The zero-order valence-electron chi connectivity index (χ0n) is 10.0. The summed E-state index contributed by atoms with van der Waals surface area (Å²) < 4.78 is 6.21. The van der Waals surface area contributed by atoms with E-state index in [9.17, 15) is 4.79 Å². The first-order valence-electron chi connectivity index (χ1n) is 5.64. The van der Waals surface area contributed by atoms with Crippen molar-refractivity contribution in [1.82, 2.24) is 10.2 Å². The van der Waals surface area contributed by atoms with Crippen LogP contribution >= 0.6 is 33.9 Å². The summed E-state index contributed by atoms with van der Waals surface area (Å²) in [5.74, 6) is 0.290. The summed E-state index contributed by atoms with van der Waals surface area (Å²) >= 11 is 3.73. The van der Waals surface area contributed by atoms with Gasteiger partial charge in [0.15, 0.2) is 0 Å². The van der Waals surface area contributed by atoms with E-state index in [4.69, 9.17) is 4.42 Å². The van der Waals surface area contributed by atoms with Crippen LogP contribution in [0.4, 0.5) is 5.69 Å². The van der Waals surface area contributed by atoms with Crippen molar-refractivity contribution >= 4 is 45.5 Å². The molecule has 0 aliphatic heterocycles. The van der Waals surface area contributed by atoms with E-state index in [1.54, 1.807) is 6.07 Å². The van der Waals surface area contributed by atoms with Crippen molar-refractivity contribution in [3.05, 3.63) is 50.6 Å². The lowest BCUT2D eigenvalue weighted by atomic mass is 10.2. The molecule has 0 saturated carbocycles. The quantitative estimate of drug-likeness (QED) is 0.686. The largest absolute Gasteiger partial charge is 0.423 e. The first-order chi connectivity index (χ1) is 9.72. The number of carbonyl (C=O) groups is 1. The SMILES string of the molecule is O=C(Nc1cccc(-c2nnco2)c1)c1csc(I)c1. The Balaban J connectivity index is 1.81. The molecule has 0 bridgehead atoms. The number of anilines is 1. The summed E-state index contributed by atoms with van der Waals surface area (Å²) in [7, 11) is 0. The number of benzene rings is 1. The van der Waals surface area contributed by atoms with Crippen LogP contribution in [0, 0.1) is 2.88 Å².